The SMILES string of the molecule is CNC(=O)Oc1cccc(C)c1.COP(=O)(O)O. The van der Waals surface area contributed by atoms with Crippen molar-refractivity contribution in [3.63, 3.8) is 0 Å². The van der Waals surface area contributed by atoms with E-state index in [9.17, 15) is 9.36 Å². The van der Waals surface area contributed by atoms with E-state index in [-0.39, 0.29) is 0 Å². The van der Waals surface area contributed by atoms with Crippen LogP contribution in [0.25, 0.3) is 0 Å². The van der Waals surface area contributed by atoms with E-state index in [1.54, 1.807) is 12.1 Å². The van der Waals surface area contributed by atoms with Crippen molar-refractivity contribution < 1.29 is 28.4 Å². The van der Waals surface area contributed by atoms with E-state index in [1.165, 1.54) is 7.05 Å². The van der Waals surface area contributed by atoms with Crippen molar-refractivity contribution in [2.45, 2.75) is 6.92 Å². The van der Waals surface area contributed by atoms with Crippen LogP contribution in [0.3, 0.4) is 0 Å². The Kier molecular flexibility index (Phi) is 7.23. The summed E-state index contributed by atoms with van der Waals surface area (Å²) in [5.74, 6) is 0.564. The van der Waals surface area contributed by atoms with Crippen LogP contribution >= 0.6 is 7.82 Å². The Hall–Kier alpha value is -1.40. The van der Waals surface area contributed by atoms with E-state index in [1.807, 2.05) is 19.1 Å². The predicted molar refractivity (Wildman–Crippen MR) is 65.3 cm³/mol. The highest BCUT2D eigenvalue weighted by Crippen LogP contribution is 2.33. The Morgan fingerprint density at radius 1 is 1.39 bits per heavy atom. The van der Waals surface area contributed by atoms with Gasteiger partial charge in [0.15, 0.2) is 0 Å². The van der Waals surface area contributed by atoms with Crippen LogP contribution in [0.5, 0.6) is 5.75 Å². The molecule has 0 atom stereocenters. The molecule has 0 spiro atoms. The third kappa shape index (κ3) is 8.72. The molecule has 0 saturated carbocycles. The van der Waals surface area contributed by atoms with Gasteiger partial charge >= 0.3 is 13.9 Å². The normalized spacial score (nSPS) is 10.1. The molecule has 18 heavy (non-hydrogen) atoms. The number of aryl methyl sites for hydroxylation is 1. The fourth-order valence-electron chi connectivity index (χ4n) is 0.837. The molecule has 1 rings (SSSR count). The van der Waals surface area contributed by atoms with Gasteiger partial charge in [-0.05, 0) is 24.6 Å². The van der Waals surface area contributed by atoms with E-state index < -0.39 is 13.9 Å². The second kappa shape index (κ2) is 7.84. The average Bonchev–Trinajstić information content (AvgIpc) is 2.29. The molecular weight excluding hydrogens is 261 g/mol. The summed E-state index contributed by atoms with van der Waals surface area (Å²) in [6.07, 6.45) is -0.444. The molecule has 0 heterocycles. The maximum Gasteiger partial charge on any atom is 0.469 e. The average molecular weight is 277 g/mol. The lowest BCUT2D eigenvalue weighted by molar-refractivity contribution is 0.203. The Balaban J connectivity index is 0.000000411. The molecule has 0 aliphatic rings. The predicted octanol–water partition coefficient (Wildman–Crippen LogP) is 1.44. The van der Waals surface area contributed by atoms with E-state index >= 15 is 0 Å². The summed E-state index contributed by atoms with van der Waals surface area (Å²) in [6, 6.07) is 7.32. The van der Waals surface area contributed by atoms with Crippen LogP contribution in [0.4, 0.5) is 4.79 Å². The Morgan fingerprint density at radius 2 is 1.94 bits per heavy atom. The number of phosphoric ester groups is 1. The Labute approximate surface area is 105 Å². The van der Waals surface area contributed by atoms with Crippen LogP contribution in [-0.4, -0.2) is 30.0 Å². The number of ether oxygens (including phenoxy) is 1. The van der Waals surface area contributed by atoms with Crippen LogP contribution in [0.2, 0.25) is 0 Å². The van der Waals surface area contributed by atoms with Crippen molar-refractivity contribution in [2.75, 3.05) is 14.2 Å². The second-order valence-electron chi connectivity index (χ2n) is 3.13. The van der Waals surface area contributed by atoms with Crippen LogP contribution in [0, 0.1) is 6.92 Å². The van der Waals surface area contributed by atoms with Crippen molar-refractivity contribution in [1.82, 2.24) is 5.32 Å². The lowest BCUT2D eigenvalue weighted by atomic mass is 10.2. The van der Waals surface area contributed by atoms with Gasteiger partial charge in [0.2, 0.25) is 0 Å². The first kappa shape index (κ1) is 16.6. The first-order valence-corrected chi connectivity index (χ1v) is 6.39. The van der Waals surface area contributed by atoms with Crippen LogP contribution in [-0.2, 0) is 9.09 Å². The lowest BCUT2D eigenvalue weighted by Gasteiger charge is -2.02. The maximum absolute atomic E-state index is 10.8. The highest BCUT2D eigenvalue weighted by atomic mass is 31.2. The summed E-state index contributed by atoms with van der Waals surface area (Å²) in [7, 11) is -1.68. The molecule has 0 unspecified atom stereocenters. The van der Waals surface area contributed by atoms with Gasteiger partial charge in [0.25, 0.3) is 0 Å². The second-order valence-corrected chi connectivity index (χ2v) is 4.48. The van der Waals surface area contributed by atoms with Crippen LogP contribution in [0.1, 0.15) is 5.56 Å². The number of hydrogen-bond donors (Lipinski definition) is 3. The molecule has 0 fully saturated rings. The fraction of sp³-hybridized carbons (Fsp3) is 0.300. The molecule has 0 radical (unpaired) electrons. The number of hydrogen-bond acceptors (Lipinski definition) is 4. The van der Waals surface area contributed by atoms with Gasteiger partial charge in [-0.2, -0.15) is 0 Å². The van der Waals surface area contributed by atoms with Gasteiger partial charge in [0.1, 0.15) is 5.75 Å². The topological polar surface area (TPSA) is 105 Å². The number of amides is 1. The molecule has 7 nitrogen and oxygen atoms in total. The van der Waals surface area contributed by atoms with Gasteiger partial charge in [-0.3, -0.25) is 4.52 Å². The van der Waals surface area contributed by atoms with E-state index in [0.717, 1.165) is 12.7 Å². The third-order valence-electron chi connectivity index (χ3n) is 1.64. The van der Waals surface area contributed by atoms with Crippen molar-refractivity contribution in [1.29, 1.82) is 0 Å². The van der Waals surface area contributed by atoms with Crippen LogP contribution < -0.4 is 10.1 Å². The van der Waals surface area contributed by atoms with Crippen molar-refractivity contribution >= 4 is 13.9 Å². The summed E-state index contributed by atoms with van der Waals surface area (Å²) in [6.45, 7) is 1.94. The van der Waals surface area contributed by atoms with Gasteiger partial charge in [0, 0.05) is 14.2 Å². The fourth-order valence-corrected chi connectivity index (χ4v) is 0.837. The summed E-state index contributed by atoms with van der Waals surface area (Å²) < 4.78 is 18.0. The highest BCUT2D eigenvalue weighted by molar-refractivity contribution is 7.46. The van der Waals surface area contributed by atoms with E-state index in [0.29, 0.717) is 5.75 Å². The molecule has 3 N–H and O–H groups in total. The van der Waals surface area contributed by atoms with Gasteiger partial charge in [-0.15, -0.1) is 0 Å². The minimum atomic E-state index is -4.15. The number of carbonyl (C=O) groups is 1. The van der Waals surface area contributed by atoms with Gasteiger partial charge in [-0.1, -0.05) is 12.1 Å². The minimum Gasteiger partial charge on any atom is -0.410 e. The molecule has 102 valence electrons. The van der Waals surface area contributed by atoms with Crippen molar-refractivity contribution in [3.8, 4) is 5.75 Å². The van der Waals surface area contributed by atoms with Gasteiger partial charge in [-0.25, -0.2) is 9.36 Å². The molecule has 1 aromatic rings. The number of nitrogens with one attached hydrogen (secondary N) is 1. The first-order valence-electron chi connectivity index (χ1n) is 4.86. The monoisotopic (exact) mass is 277 g/mol. The standard InChI is InChI=1S/C9H11NO2.CH5O4P/c1-7-4-3-5-8(6-7)12-9(11)10-2;1-5-6(2,3)4/h3-6H,1-2H3,(H,10,11);1H3,(H2,2,3,4). The zero-order valence-electron chi connectivity index (χ0n) is 10.3. The smallest absolute Gasteiger partial charge is 0.410 e. The van der Waals surface area contributed by atoms with E-state index in [4.69, 9.17) is 14.5 Å². The Bertz CT molecular complexity index is 430. The number of phosphoric acid groups is 1. The minimum absolute atomic E-state index is 0.444. The van der Waals surface area contributed by atoms with Crippen molar-refractivity contribution in [2.24, 2.45) is 0 Å². The summed E-state index contributed by atoms with van der Waals surface area (Å²) in [5, 5.41) is 2.37. The molecule has 0 aliphatic carbocycles. The summed E-state index contributed by atoms with van der Waals surface area (Å²) in [4.78, 5) is 26.2. The Morgan fingerprint density at radius 3 is 2.33 bits per heavy atom. The highest BCUT2D eigenvalue weighted by Gasteiger charge is 2.07. The summed E-state index contributed by atoms with van der Waals surface area (Å²) in [5.41, 5.74) is 1.07. The molecule has 0 bridgehead atoms. The van der Waals surface area contributed by atoms with Crippen LogP contribution in [0.15, 0.2) is 24.3 Å². The number of carbonyl (C=O) groups excluding carboxylic acids is 1. The van der Waals surface area contributed by atoms with Crippen molar-refractivity contribution in [3.05, 3.63) is 29.8 Å². The number of rotatable bonds is 2. The third-order valence-corrected chi connectivity index (χ3v) is 2.12. The largest absolute Gasteiger partial charge is 0.469 e. The van der Waals surface area contributed by atoms with Gasteiger partial charge < -0.3 is 19.8 Å². The molecule has 0 aliphatic heterocycles. The molecular formula is C10H16NO6P. The molecule has 0 saturated heterocycles. The number of benzene rings is 1. The molecule has 8 heteroatoms. The quantitative estimate of drug-likeness (QED) is 0.706. The molecule has 1 amide bonds. The van der Waals surface area contributed by atoms with Gasteiger partial charge in [0.05, 0.1) is 0 Å². The first-order chi connectivity index (χ1) is 8.28. The zero-order chi connectivity index (χ0) is 14.2. The molecule has 0 aromatic heterocycles. The van der Waals surface area contributed by atoms with E-state index in [2.05, 4.69) is 9.84 Å². The lowest BCUT2D eigenvalue weighted by Crippen LogP contribution is -2.21. The summed E-state index contributed by atoms with van der Waals surface area (Å²) >= 11 is 0. The molecule has 1 aromatic carbocycles. The maximum atomic E-state index is 10.8. The zero-order valence-corrected chi connectivity index (χ0v) is 11.2.